The lowest BCUT2D eigenvalue weighted by Gasteiger charge is -2.33. The predicted octanol–water partition coefficient (Wildman–Crippen LogP) is 5.04. The second-order valence-corrected chi connectivity index (χ2v) is 9.47. The van der Waals surface area contributed by atoms with Crippen LogP contribution in [0.4, 0.5) is 23.7 Å². The normalized spacial score (nSPS) is 25.9. The van der Waals surface area contributed by atoms with Crippen LogP contribution in [0.25, 0.3) is 10.9 Å². The van der Waals surface area contributed by atoms with Crippen molar-refractivity contribution in [2.45, 2.75) is 63.3 Å². The molecule has 4 rings (SSSR count). The number of aromatic nitrogens is 1. The number of aliphatic hydroxyl groups excluding tert-OH is 1. The number of fused-ring (bicyclic) bond motifs is 1. The number of amides is 2. The SMILES string of the molecule is C[C@@H]1[C@H](CO)CCN1C(=O)N[C@@H]1CCC[C@H](Nc2cc(C(F)(F)F)nc3ccc(Cl)cc23)C1. The van der Waals surface area contributed by atoms with Crippen molar-refractivity contribution in [1.29, 1.82) is 0 Å². The van der Waals surface area contributed by atoms with E-state index >= 15 is 0 Å². The van der Waals surface area contributed by atoms with E-state index in [9.17, 15) is 23.1 Å². The minimum Gasteiger partial charge on any atom is -0.396 e. The van der Waals surface area contributed by atoms with Crippen LogP contribution in [0.2, 0.25) is 5.02 Å². The van der Waals surface area contributed by atoms with Crippen LogP contribution in [-0.2, 0) is 6.18 Å². The number of benzene rings is 1. The van der Waals surface area contributed by atoms with Crippen LogP contribution in [0.5, 0.6) is 0 Å². The first kappa shape index (κ1) is 23.9. The summed E-state index contributed by atoms with van der Waals surface area (Å²) in [6.07, 6.45) is -0.751. The summed E-state index contributed by atoms with van der Waals surface area (Å²) in [5.41, 5.74) is -0.397. The molecule has 0 unspecified atom stereocenters. The molecule has 0 spiro atoms. The van der Waals surface area contributed by atoms with Gasteiger partial charge in [-0.25, -0.2) is 9.78 Å². The van der Waals surface area contributed by atoms with E-state index < -0.39 is 11.9 Å². The Morgan fingerprint density at radius 3 is 2.70 bits per heavy atom. The summed E-state index contributed by atoms with van der Waals surface area (Å²) in [7, 11) is 0. The summed E-state index contributed by atoms with van der Waals surface area (Å²) in [6.45, 7) is 2.61. The van der Waals surface area contributed by atoms with Crippen LogP contribution in [0.3, 0.4) is 0 Å². The van der Waals surface area contributed by atoms with Gasteiger partial charge < -0.3 is 20.6 Å². The van der Waals surface area contributed by atoms with Crippen molar-refractivity contribution in [2.75, 3.05) is 18.5 Å². The van der Waals surface area contributed by atoms with Gasteiger partial charge in [-0.3, -0.25) is 0 Å². The summed E-state index contributed by atoms with van der Waals surface area (Å²) >= 11 is 6.09. The van der Waals surface area contributed by atoms with Gasteiger partial charge >= 0.3 is 12.2 Å². The molecule has 0 bridgehead atoms. The Kier molecular flexibility index (Phi) is 6.91. The van der Waals surface area contributed by atoms with E-state index in [1.165, 1.54) is 12.1 Å². The molecular weight excluding hydrogens is 457 g/mol. The molecule has 33 heavy (non-hydrogen) atoms. The van der Waals surface area contributed by atoms with Crippen LogP contribution < -0.4 is 10.6 Å². The Balaban J connectivity index is 1.48. The number of hydrogen-bond acceptors (Lipinski definition) is 4. The maximum atomic E-state index is 13.4. The van der Waals surface area contributed by atoms with Crippen molar-refractivity contribution in [3.63, 3.8) is 0 Å². The zero-order chi connectivity index (χ0) is 23.8. The molecule has 1 aliphatic heterocycles. The van der Waals surface area contributed by atoms with Crippen molar-refractivity contribution < 1.29 is 23.1 Å². The van der Waals surface area contributed by atoms with Gasteiger partial charge in [-0.15, -0.1) is 0 Å². The van der Waals surface area contributed by atoms with Crippen LogP contribution in [0, 0.1) is 5.92 Å². The molecule has 1 saturated carbocycles. The number of carbonyl (C=O) groups is 1. The average molecular weight is 485 g/mol. The third-order valence-corrected chi connectivity index (χ3v) is 7.07. The molecule has 6 nitrogen and oxygen atoms in total. The summed E-state index contributed by atoms with van der Waals surface area (Å²) in [6, 6.07) is 5.29. The second-order valence-electron chi connectivity index (χ2n) is 9.03. The number of halogens is 4. The lowest BCUT2D eigenvalue weighted by molar-refractivity contribution is -0.140. The summed E-state index contributed by atoms with van der Waals surface area (Å²) in [4.78, 5) is 18.3. The molecule has 2 amide bonds. The highest BCUT2D eigenvalue weighted by Gasteiger charge is 2.36. The smallest absolute Gasteiger partial charge is 0.396 e. The summed E-state index contributed by atoms with van der Waals surface area (Å²) in [5, 5.41) is 16.7. The highest BCUT2D eigenvalue weighted by atomic mass is 35.5. The van der Waals surface area contributed by atoms with Crippen molar-refractivity contribution in [3.05, 3.63) is 35.0 Å². The van der Waals surface area contributed by atoms with Gasteiger partial charge in [-0.2, -0.15) is 13.2 Å². The number of hydrogen-bond donors (Lipinski definition) is 3. The molecule has 2 fully saturated rings. The van der Waals surface area contributed by atoms with Gasteiger partial charge in [0.15, 0.2) is 0 Å². The fourth-order valence-corrected chi connectivity index (χ4v) is 5.10. The lowest BCUT2D eigenvalue weighted by atomic mass is 9.90. The Labute approximate surface area is 195 Å². The lowest BCUT2D eigenvalue weighted by Crippen LogP contribution is -2.49. The molecule has 2 aliphatic rings. The molecular formula is C23H28ClF3N4O2. The van der Waals surface area contributed by atoms with Gasteiger partial charge in [0.25, 0.3) is 0 Å². The van der Waals surface area contributed by atoms with E-state index in [1.54, 1.807) is 11.0 Å². The van der Waals surface area contributed by atoms with E-state index in [4.69, 9.17) is 11.6 Å². The van der Waals surface area contributed by atoms with Crippen LogP contribution in [0.15, 0.2) is 24.3 Å². The maximum Gasteiger partial charge on any atom is 0.433 e. The maximum absolute atomic E-state index is 13.4. The second kappa shape index (κ2) is 9.54. The van der Waals surface area contributed by atoms with Gasteiger partial charge in [-0.05, 0) is 63.3 Å². The zero-order valence-corrected chi connectivity index (χ0v) is 19.1. The topological polar surface area (TPSA) is 77.5 Å². The van der Waals surface area contributed by atoms with Crippen molar-refractivity contribution in [2.24, 2.45) is 5.92 Å². The van der Waals surface area contributed by atoms with Gasteiger partial charge in [0.2, 0.25) is 0 Å². The number of anilines is 1. The van der Waals surface area contributed by atoms with Gasteiger partial charge in [0.05, 0.1) is 5.52 Å². The number of aliphatic hydroxyl groups is 1. The molecule has 1 aliphatic carbocycles. The number of rotatable bonds is 4. The Hall–Kier alpha value is -2.26. The Morgan fingerprint density at radius 1 is 1.24 bits per heavy atom. The molecule has 3 N–H and O–H groups in total. The number of urea groups is 1. The fraction of sp³-hybridized carbons (Fsp3) is 0.565. The van der Waals surface area contributed by atoms with Crippen LogP contribution in [0.1, 0.15) is 44.7 Å². The van der Waals surface area contributed by atoms with Crippen molar-refractivity contribution in [3.8, 4) is 0 Å². The fourth-order valence-electron chi connectivity index (χ4n) is 4.93. The number of carbonyl (C=O) groups excluding carboxylic acids is 1. The summed E-state index contributed by atoms with van der Waals surface area (Å²) < 4.78 is 40.2. The standard InChI is InChI=1S/C23H28ClF3N4O2/c1-13-14(12-32)7-8-31(13)22(33)29-17-4-2-3-16(10-17)28-20-11-21(23(25,26)27)30-19-6-5-15(24)9-18(19)20/h5-6,9,11,13-14,16-17,32H,2-4,7-8,10,12H2,1H3,(H,28,30)(H,29,33)/t13-,14+,16+,17-/m1/s1. The first-order valence-electron chi connectivity index (χ1n) is 11.3. The van der Waals surface area contributed by atoms with E-state index in [0.29, 0.717) is 29.1 Å². The molecule has 0 radical (unpaired) electrons. The molecule has 1 aromatic heterocycles. The number of nitrogens with one attached hydrogen (secondary N) is 2. The van der Waals surface area contributed by atoms with Gasteiger partial charge in [0, 0.05) is 53.3 Å². The largest absolute Gasteiger partial charge is 0.433 e. The monoisotopic (exact) mass is 484 g/mol. The first-order chi connectivity index (χ1) is 15.7. The molecule has 1 aromatic carbocycles. The third-order valence-electron chi connectivity index (χ3n) is 6.83. The highest BCUT2D eigenvalue weighted by Crippen LogP contribution is 2.35. The van der Waals surface area contributed by atoms with E-state index in [2.05, 4.69) is 15.6 Å². The molecule has 1 saturated heterocycles. The van der Waals surface area contributed by atoms with Gasteiger partial charge in [0.1, 0.15) is 5.69 Å². The first-order valence-corrected chi connectivity index (χ1v) is 11.7. The van der Waals surface area contributed by atoms with E-state index in [0.717, 1.165) is 31.7 Å². The number of likely N-dealkylation sites (tertiary alicyclic amines) is 1. The number of alkyl halides is 3. The van der Waals surface area contributed by atoms with E-state index in [1.807, 2.05) is 6.92 Å². The average Bonchev–Trinajstić information content (AvgIpc) is 3.14. The van der Waals surface area contributed by atoms with Crippen LogP contribution >= 0.6 is 11.6 Å². The highest BCUT2D eigenvalue weighted by molar-refractivity contribution is 6.31. The number of nitrogens with zero attached hydrogens (tertiary/aromatic N) is 2. The van der Waals surface area contributed by atoms with Crippen molar-refractivity contribution >= 4 is 34.2 Å². The van der Waals surface area contributed by atoms with Crippen LogP contribution in [-0.4, -0.2) is 52.3 Å². The zero-order valence-electron chi connectivity index (χ0n) is 18.3. The molecule has 10 heteroatoms. The summed E-state index contributed by atoms with van der Waals surface area (Å²) in [5.74, 6) is 0.0890. The van der Waals surface area contributed by atoms with Gasteiger partial charge in [-0.1, -0.05) is 11.6 Å². The Morgan fingerprint density at radius 2 is 2.00 bits per heavy atom. The molecule has 4 atom stereocenters. The third kappa shape index (κ3) is 5.30. The number of pyridine rings is 1. The minimum atomic E-state index is -4.56. The predicted molar refractivity (Wildman–Crippen MR) is 121 cm³/mol. The Bertz CT molecular complexity index is 1020. The van der Waals surface area contributed by atoms with Crippen molar-refractivity contribution in [1.82, 2.24) is 15.2 Å². The minimum absolute atomic E-state index is 0.0266. The molecule has 2 aromatic rings. The quantitative estimate of drug-likeness (QED) is 0.568. The van der Waals surface area contributed by atoms with E-state index in [-0.39, 0.29) is 42.2 Å². The molecule has 2 heterocycles. The molecule has 180 valence electrons.